The summed E-state index contributed by atoms with van der Waals surface area (Å²) in [5.41, 5.74) is 1.90. The van der Waals surface area contributed by atoms with Crippen LogP contribution in [0.25, 0.3) is 0 Å². The van der Waals surface area contributed by atoms with Crippen LogP contribution in [0.2, 0.25) is 0 Å². The van der Waals surface area contributed by atoms with Gasteiger partial charge in [0.15, 0.2) is 6.42 Å². The zero-order chi connectivity index (χ0) is 18.3. The molecule has 3 aromatic carbocycles. The molecular formula is C23H22NOPS. The Hall–Kier alpha value is -1.77. The van der Waals surface area contributed by atoms with Crippen LogP contribution in [0.1, 0.15) is 24.0 Å². The van der Waals surface area contributed by atoms with Crippen LogP contribution in [-0.2, 0) is 21.9 Å². The third kappa shape index (κ3) is 2.57. The molecule has 136 valence electrons. The number of rotatable bonds is 3. The van der Waals surface area contributed by atoms with E-state index < -0.39 is 12.0 Å². The number of benzene rings is 3. The third-order valence-electron chi connectivity index (χ3n) is 5.79. The molecule has 2 atom stereocenters. The highest BCUT2D eigenvalue weighted by molar-refractivity contribution is 8.14. The summed E-state index contributed by atoms with van der Waals surface area (Å²) in [6, 6.07) is 32.1. The van der Waals surface area contributed by atoms with E-state index in [2.05, 4.69) is 89.6 Å². The molecule has 5 rings (SSSR count). The fourth-order valence-corrected chi connectivity index (χ4v) is 8.77. The molecular weight excluding hydrogens is 369 g/mol. The Bertz CT molecular complexity index is 938. The van der Waals surface area contributed by atoms with Gasteiger partial charge in [0.2, 0.25) is 0 Å². The van der Waals surface area contributed by atoms with Crippen LogP contribution in [-0.4, -0.2) is 17.3 Å². The summed E-state index contributed by atoms with van der Waals surface area (Å²) in [5, 5.41) is 1.15. The first-order valence-corrected chi connectivity index (χ1v) is 12.2. The molecule has 2 heterocycles. The summed E-state index contributed by atoms with van der Waals surface area (Å²) >= 11 is 6.33. The van der Waals surface area contributed by atoms with E-state index >= 15 is 0 Å². The average molecular weight is 391 g/mol. The molecule has 3 aromatic rings. The maximum absolute atomic E-state index is 7.11. The minimum absolute atomic E-state index is 0.272. The molecule has 4 heteroatoms. The van der Waals surface area contributed by atoms with Gasteiger partial charge in [-0.25, -0.2) is 4.67 Å². The normalized spacial score (nSPS) is 26.7. The number of fused-ring (bicyclic) bond motifs is 1. The third-order valence-corrected chi connectivity index (χ3v) is 9.91. The molecule has 0 amide bonds. The van der Waals surface area contributed by atoms with E-state index in [0.29, 0.717) is 0 Å². The highest BCUT2D eigenvalue weighted by Crippen LogP contribution is 2.68. The largest absolute Gasteiger partial charge is 0.316 e. The first-order valence-electron chi connectivity index (χ1n) is 9.50. The molecule has 2 aliphatic heterocycles. The number of hydrogen-bond donors (Lipinski definition) is 0. The zero-order valence-corrected chi connectivity index (χ0v) is 16.8. The second-order valence-electron chi connectivity index (χ2n) is 7.24. The standard InChI is InChI=1S/C23H22NOPS/c27-26(21-15-8-3-9-16-21)24-18-10-17-22(24)23(25-26,19-11-4-1-5-12-19)20-13-6-2-7-14-20/h1-9,11-16,22H,10,17-18H2. The second kappa shape index (κ2) is 6.68. The van der Waals surface area contributed by atoms with Gasteiger partial charge in [-0.05, 0) is 35.8 Å². The van der Waals surface area contributed by atoms with Gasteiger partial charge < -0.3 is 4.52 Å². The van der Waals surface area contributed by atoms with E-state index in [0.717, 1.165) is 18.3 Å². The Morgan fingerprint density at radius 3 is 1.89 bits per heavy atom. The maximum atomic E-state index is 7.11. The summed E-state index contributed by atoms with van der Waals surface area (Å²) in [4.78, 5) is 0. The van der Waals surface area contributed by atoms with Crippen molar-refractivity contribution in [2.45, 2.75) is 24.5 Å². The van der Waals surface area contributed by atoms with Gasteiger partial charge in [0.05, 0.1) is 6.04 Å². The highest BCUT2D eigenvalue weighted by Gasteiger charge is 2.60. The average Bonchev–Trinajstić information content (AvgIpc) is 3.33. The lowest BCUT2D eigenvalue weighted by molar-refractivity contribution is 0.113. The quantitative estimate of drug-likeness (QED) is 0.579. The van der Waals surface area contributed by atoms with Gasteiger partial charge in [0.25, 0.3) is 0 Å². The van der Waals surface area contributed by atoms with Crippen molar-refractivity contribution in [3.63, 3.8) is 0 Å². The monoisotopic (exact) mass is 391 g/mol. The molecule has 2 fully saturated rings. The van der Waals surface area contributed by atoms with E-state index in [-0.39, 0.29) is 6.04 Å². The van der Waals surface area contributed by atoms with Crippen LogP contribution in [0.5, 0.6) is 0 Å². The van der Waals surface area contributed by atoms with E-state index in [1.54, 1.807) is 0 Å². The summed E-state index contributed by atoms with van der Waals surface area (Å²) in [7, 11) is 0. The minimum Gasteiger partial charge on any atom is -0.316 e. The molecule has 0 radical (unpaired) electrons. The Labute approximate surface area is 165 Å². The van der Waals surface area contributed by atoms with Crippen molar-refractivity contribution in [2.24, 2.45) is 0 Å². The molecule has 0 N–H and O–H groups in total. The topological polar surface area (TPSA) is 12.5 Å². The minimum atomic E-state index is -2.31. The fourth-order valence-electron chi connectivity index (χ4n) is 4.63. The molecule has 0 aromatic heterocycles. The predicted octanol–water partition coefficient (Wildman–Crippen LogP) is 5.06. The van der Waals surface area contributed by atoms with Crippen molar-refractivity contribution >= 4 is 23.5 Å². The lowest BCUT2D eigenvalue weighted by Gasteiger charge is -2.34. The van der Waals surface area contributed by atoms with Gasteiger partial charge in [0.1, 0.15) is 5.60 Å². The first-order chi connectivity index (χ1) is 13.2. The molecule has 0 bridgehead atoms. The Balaban J connectivity index is 1.76. The Kier molecular flexibility index (Phi) is 4.29. The van der Waals surface area contributed by atoms with Gasteiger partial charge >= 0.3 is 0 Å². The molecule has 0 aliphatic carbocycles. The lowest BCUT2D eigenvalue weighted by atomic mass is 9.79. The summed E-state index contributed by atoms with van der Waals surface area (Å²) < 4.78 is 9.63. The van der Waals surface area contributed by atoms with Crippen molar-refractivity contribution in [1.29, 1.82) is 0 Å². The lowest BCUT2D eigenvalue weighted by Crippen LogP contribution is -2.40. The van der Waals surface area contributed by atoms with Crippen molar-refractivity contribution in [1.82, 2.24) is 4.67 Å². The van der Waals surface area contributed by atoms with Crippen molar-refractivity contribution in [2.75, 3.05) is 6.54 Å². The van der Waals surface area contributed by atoms with E-state index in [1.165, 1.54) is 17.5 Å². The SMILES string of the molecule is S=P1(c2ccccc2)OC(c2ccccc2)(c2ccccc2)C2CCCN21. The molecule has 27 heavy (non-hydrogen) atoms. The van der Waals surface area contributed by atoms with Crippen molar-refractivity contribution < 1.29 is 4.52 Å². The molecule has 2 saturated heterocycles. The van der Waals surface area contributed by atoms with E-state index in [9.17, 15) is 0 Å². The van der Waals surface area contributed by atoms with Crippen LogP contribution in [0.3, 0.4) is 0 Å². The molecule has 0 spiro atoms. The highest BCUT2D eigenvalue weighted by atomic mass is 32.4. The molecule has 0 saturated carbocycles. The van der Waals surface area contributed by atoms with Gasteiger partial charge in [-0.1, -0.05) is 91.0 Å². The van der Waals surface area contributed by atoms with Crippen LogP contribution >= 0.6 is 6.42 Å². The molecule has 2 aliphatic rings. The molecule has 2 nitrogen and oxygen atoms in total. The fraction of sp³-hybridized carbons (Fsp3) is 0.217. The van der Waals surface area contributed by atoms with Crippen molar-refractivity contribution in [3.8, 4) is 0 Å². The van der Waals surface area contributed by atoms with Crippen LogP contribution < -0.4 is 5.30 Å². The van der Waals surface area contributed by atoms with Crippen LogP contribution in [0, 0.1) is 0 Å². The predicted molar refractivity (Wildman–Crippen MR) is 115 cm³/mol. The van der Waals surface area contributed by atoms with Crippen molar-refractivity contribution in [3.05, 3.63) is 102 Å². The summed E-state index contributed by atoms with van der Waals surface area (Å²) in [6.07, 6.45) is -0.0385. The van der Waals surface area contributed by atoms with Gasteiger partial charge in [-0.2, -0.15) is 0 Å². The Morgan fingerprint density at radius 2 is 1.33 bits per heavy atom. The number of nitrogens with zero attached hydrogens (tertiary/aromatic N) is 1. The maximum Gasteiger partial charge on any atom is 0.163 e. The summed E-state index contributed by atoms with van der Waals surface area (Å²) in [6.45, 7) is 1.01. The van der Waals surface area contributed by atoms with Crippen LogP contribution in [0.15, 0.2) is 91.0 Å². The van der Waals surface area contributed by atoms with Crippen LogP contribution in [0.4, 0.5) is 0 Å². The smallest absolute Gasteiger partial charge is 0.163 e. The number of hydrogen-bond acceptors (Lipinski definition) is 2. The van der Waals surface area contributed by atoms with E-state index in [1.807, 2.05) is 6.07 Å². The first kappa shape index (κ1) is 17.3. The molecule has 2 unspecified atom stereocenters. The zero-order valence-electron chi connectivity index (χ0n) is 15.1. The second-order valence-corrected chi connectivity index (χ2v) is 11.0. The van der Waals surface area contributed by atoms with E-state index in [4.69, 9.17) is 16.3 Å². The van der Waals surface area contributed by atoms with Gasteiger partial charge in [-0.15, -0.1) is 0 Å². The van der Waals surface area contributed by atoms with Gasteiger partial charge in [0, 0.05) is 11.8 Å². The summed E-state index contributed by atoms with van der Waals surface area (Å²) in [5.74, 6) is 0. The van der Waals surface area contributed by atoms with Gasteiger partial charge in [-0.3, -0.25) is 0 Å². The Morgan fingerprint density at radius 1 is 0.815 bits per heavy atom.